The van der Waals surface area contributed by atoms with Crippen LogP contribution in [-0.4, -0.2) is 10.8 Å². The first-order chi connectivity index (χ1) is 8.73. The molecular weight excluding hydrogens is 222 g/mol. The van der Waals surface area contributed by atoms with Gasteiger partial charge in [0, 0.05) is 5.69 Å². The normalized spacial score (nSPS) is 21.4. The molecule has 1 aromatic carbocycles. The Morgan fingerprint density at radius 2 is 1.89 bits per heavy atom. The Bertz CT molecular complexity index is 413. The van der Waals surface area contributed by atoms with Crippen molar-refractivity contribution in [3.8, 4) is 0 Å². The monoisotopic (exact) mass is 245 g/mol. The first kappa shape index (κ1) is 13.2. The summed E-state index contributed by atoms with van der Waals surface area (Å²) in [6, 6.07) is 8.08. The number of anilines is 1. The molecule has 0 bridgehead atoms. The number of unbranched alkanes of at least 4 members (excludes halogenated alkanes) is 4. The van der Waals surface area contributed by atoms with Crippen LogP contribution in [0.15, 0.2) is 30.3 Å². The highest BCUT2D eigenvalue weighted by molar-refractivity contribution is 5.71. The van der Waals surface area contributed by atoms with Crippen LogP contribution in [-0.2, 0) is 0 Å². The van der Waals surface area contributed by atoms with Crippen LogP contribution in [0.2, 0.25) is 0 Å². The molecule has 2 rings (SSSR count). The maximum absolute atomic E-state index is 10.5. The predicted octanol–water partition coefficient (Wildman–Crippen LogP) is 4.17. The summed E-state index contributed by atoms with van der Waals surface area (Å²) < 4.78 is 0. The zero-order valence-electron chi connectivity index (χ0n) is 11.2. The Balaban J connectivity index is 1.87. The summed E-state index contributed by atoms with van der Waals surface area (Å²) in [6.45, 7) is 2.22. The van der Waals surface area contributed by atoms with Crippen molar-refractivity contribution in [3.05, 3.63) is 35.9 Å². The average Bonchev–Trinajstić information content (AvgIpc) is 2.38. The summed E-state index contributed by atoms with van der Waals surface area (Å²) in [6.07, 6.45) is 10.8. The topological polar surface area (TPSA) is 32.3 Å². The van der Waals surface area contributed by atoms with Gasteiger partial charge in [0.1, 0.15) is 0 Å². The minimum Gasteiger partial charge on any atom is -0.367 e. The summed E-state index contributed by atoms with van der Waals surface area (Å²) in [5, 5.41) is 13.7. The number of aliphatic hydroxyl groups is 1. The number of fused-ring (bicyclic) bond motifs is 1. The van der Waals surface area contributed by atoms with Crippen molar-refractivity contribution >= 4 is 11.8 Å². The molecule has 1 heterocycles. The summed E-state index contributed by atoms with van der Waals surface area (Å²) in [5.74, 6) is 0. The lowest BCUT2D eigenvalue weighted by Gasteiger charge is -2.31. The van der Waals surface area contributed by atoms with Crippen LogP contribution < -0.4 is 5.32 Å². The van der Waals surface area contributed by atoms with Gasteiger partial charge >= 0.3 is 0 Å². The minimum absolute atomic E-state index is 0.779. The highest BCUT2D eigenvalue weighted by Crippen LogP contribution is 2.29. The number of nitrogens with one attached hydrogen (secondary N) is 1. The number of hydrogen-bond acceptors (Lipinski definition) is 2. The van der Waals surface area contributed by atoms with Gasteiger partial charge in [0.05, 0.1) is 0 Å². The Morgan fingerprint density at radius 1 is 1.11 bits per heavy atom. The SMILES string of the molecule is CCCCCCCC1(O)C=Cc2ccccc2N1. The largest absolute Gasteiger partial charge is 0.367 e. The fourth-order valence-electron chi connectivity index (χ4n) is 2.40. The van der Waals surface area contributed by atoms with Crippen LogP contribution in [0.1, 0.15) is 51.0 Å². The van der Waals surface area contributed by atoms with Crippen LogP contribution in [0.4, 0.5) is 5.69 Å². The van der Waals surface area contributed by atoms with Gasteiger partial charge in [-0.15, -0.1) is 0 Å². The molecule has 0 aliphatic carbocycles. The van der Waals surface area contributed by atoms with Crippen molar-refractivity contribution in [2.24, 2.45) is 0 Å². The molecule has 2 N–H and O–H groups in total. The minimum atomic E-state index is -0.861. The van der Waals surface area contributed by atoms with Gasteiger partial charge in [0.25, 0.3) is 0 Å². The van der Waals surface area contributed by atoms with Gasteiger partial charge in [-0.1, -0.05) is 56.9 Å². The lowest BCUT2D eigenvalue weighted by molar-refractivity contribution is 0.108. The lowest BCUT2D eigenvalue weighted by atomic mass is 9.97. The third-order valence-corrected chi connectivity index (χ3v) is 3.51. The van der Waals surface area contributed by atoms with E-state index in [1.807, 2.05) is 30.4 Å². The zero-order valence-corrected chi connectivity index (χ0v) is 11.2. The Hall–Kier alpha value is -1.28. The summed E-state index contributed by atoms with van der Waals surface area (Å²) >= 11 is 0. The highest BCUT2D eigenvalue weighted by atomic mass is 16.3. The molecule has 0 aromatic heterocycles. The van der Waals surface area contributed by atoms with E-state index in [9.17, 15) is 5.11 Å². The van der Waals surface area contributed by atoms with Gasteiger partial charge in [0.15, 0.2) is 5.72 Å². The zero-order chi connectivity index (χ0) is 12.8. The van der Waals surface area contributed by atoms with E-state index >= 15 is 0 Å². The molecule has 1 aliphatic rings. The van der Waals surface area contributed by atoms with E-state index in [0.29, 0.717) is 0 Å². The van der Waals surface area contributed by atoms with Crippen molar-refractivity contribution in [1.29, 1.82) is 0 Å². The second-order valence-corrected chi connectivity index (χ2v) is 5.13. The molecule has 0 fully saturated rings. The molecule has 98 valence electrons. The van der Waals surface area contributed by atoms with Crippen LogP contribution in [0.3, 0.4) is 0 Å². The molecule has 0 spiro atoms. The van der Waals surface area contributed by atoms with E-state index in [1.54, 1.807) is 0 Å². The molecule has 2 heteroatoms. The van der Waals surface area contributed by atoms with E-state index in [4.69, 9.17) is 0 Å². The van der Waals surface area contributed by atoms with E-state index in [2.05, 4.69) is 18.3 Å². The molecule has 18 heavy (non-hydrogen) atoms. The molecule has 0 amide bonds. The first-order valence-corrected chi connectivity index (χ1v) is 7.02. The van der Waals surface area contributed by atoms with Crippen molar-refractivity contribution in [3.63, 3.8) is 0 Å². The van der Waals surface area contributed by atoms with E-state index in [0.717, 1.165) is 24.1 Å². The van der Waals surface area contributed by atoms with Crippen LogP contribution in [0.5, 0.6) is 0 Å². The van der Waals surface area contributed by atoms with E-state index < -0.39 is 5.72 Å². The Labute approximate surface area is 110 Å². The summed E-state index contributed by atoms with van der Waals surface area (Å²) in [7, 11) is 0. The Morgan fingerprint density at radius 3 is 2.72 bits per heavy atom. The van der Waals surface area contributed by atoms with Crippen LogP contribution in [0.25, 0.3) is 6.08 Å². The maximum atomic E-state index is 10.5. The first-order valence-electron chi connectivity index (χ1n) is 7.02. The van der Waals surface area contributed by atoms with E-state index in [1.165, 1.54) is 25.7 Å². The molecule has 1 atom stereocenters. The number of rotatable bonds is 6. The smallest absolute Gasteiger partial charge is 0.155 e. The van der Waals surface area contributed by atoms with Crippen LogP contribution in [0, 0.1) is 0 Å². The van der Waals surface area contributed by atoms with Gasteiger partial charge < -0.3 is 10.4 Å². The molecule has 2 nitrogen and oxygen atoms in total. The highest BCUT2D eigenvalue weighted by Gasteiger charge is 2.26. The fourth-order valence-corrected chi connectivity index (χ4v) is 2.40. The van der Waals surface area contributed by atoms with Crippen molar-refractivity contribution in [2.45, 2.75) is 51.2 Å². The average molecular weight is 245 g/mol. The maximum Gasteiger partial charge on any atom is 0.155 e. The molecule has 1 unspecified atom stereocenters. The molecule has 1 aliphatic heterocycles. The van der Waals surface area contributed by atoms with Gasteiger partial charge in [-0.05, 0) is 30.5 Å². The number of para-hydroxylation sites is 1. The molecule has 1 aromatic rings. The summed E-state index contributed by atoms with van der Waals surface area (Å²) in [4.78, 5) is 0. The van der Waals surface area contributed by atoms with Gasteiger partial charge in [-0.25, -0.2) is 0 Å². The van der Waals surface area contributed by atoms with Gasteiger partial charge in [-0.2, -0.15) is 0 Å². The molecule has 0 saturated heterocycles. The van der Waals surface area contributed by atoms with Crippen LogP contribution >= 0.6 is 0 Å². The van der Waals surface area contributed by atoms with E-state index in [-0.39, 0.29) is 0 Å². The fraction of sp³-hybridized carbons (Fsp3) is 0.500. The quantitative estimate of drug-likeness (QED) is 0.737. The second-order valence-electron chi connectivity index (χ2n) is 5.13. The third-order valence-electron chi connectivity index (χ3n) is 3.51. The van der Waals surface area contributed by atoms with Crippen molar-refractivity contribution < 1.29 is 5.11 Å². The van der Waals surface area contributed by atoms with Crippen molar-refractivity contribution in [1.82, 2.24) is 0 Å². The van der Waals surface area contributed by atoms with Gasteiger partial charge in [-0.3, -0.25) is 0 Å². The van der Waals surface area contributed by atoms with Gasteiger partial charge in [0.2, 0.25) is 0 Å². The third kappa shape index (κ3) is 3.36. The second kappa shape index (κ2) is 6.05. The summed E-state index contributed by atoms with van der Waals surface area (Å²) in [5.41, 5.74) is 1.31. The number of benzene rings is 1. The molecule has 0 radical (unpaired) electrons. The number of hydrogen-bond donors (Lipinski definition) is 2. The standard InChI is InChI=1S/C16H23NO/c1-2-3-4-5-8-12-16(18)13-11-14-9-6-7-10-15(14)17-16/h6-7,9-11,13,17-18H,2-5,8,12H2,1H3. The Kier molecular flexibility index (Phi) is 4.43. The van der Waals surface area contributed by atoms with Crippen molar-refractivity contribution in [2.75, 3.05) is 5.32 Å². The predicted molar refractivity (Wildman–Crippen MR) is 77.4 cm³/mol. The molecule has 0 saturated carbocycles. The molecular formula is C16H23NO. The lowest BCUT2D eigenvalue weighted by Crippen LogP contribution is -2.37.